The van der Waals surface area contributed by atoms with Crippen molar-refractivity contribution >= 4 is 0 Å². The van der Waals surface area contributed by atoms with E-state index >= 15 is 0 Å². The summed E-state index contributed by atoms with van der Waals surface area (Å²) in [6.45, 7) is 12.0. The second kappa shape index (κ2) is 18.7. The molecule has 0 amide bonds. The van der Waals surface area contributed by atoms with Gasteiger partial charge in [0.15, 0.2) is 0 Å². The summed E-state index contributed by atoms with van der Waals surface area (Å²) in [5, 5.41) is 0. The van der Waals surface area contributed by atoms with Crippen LogP contribution in [0.4, 0.5) is 0 Å². The van der Waals surface area contributed by atoms with Gasteiger partial charge in [-0.2, -0.15) is 0 Å². The number of allylic oxidation sites excluding steroid dienone is 6. The maximum atomic E-state index is 3.88. The third-order valence-corrected chi connectivity index (χ3v) is 6.91. The number of rotatable bonds is 12. The maximum absolute atomic E-state index is 3.88. The summed E-state index contributed by atoms with van der Waals surface area (Å²) in [6, 6.07) is 0. The van der Waals surface area contributed by atoms with Crippen LogP contribution in [0.3, 0.4) is 0 Å². The molecule has 0 heterocycles. The Balaban J connectivity index is 0.000000250. The SMILES string of the molecule is C1=CC2CCC1C2.C=CC1CCC(/C=C/CCCCCC)C1.C=CCCCCCC. The predicted octanol–water partition coefficient (Wildman–Crippen LogP) is 10.2. The molecule has 0 aromatic rings. The number of hydrogen-bond acceptors (Lipinski definition) is 0. The van der Waals surface area contributed by atoms with E-state index in [0.29, 0.717) is 0 Å². The van der Waals surface area contributed by atoms with Gasteiger partial charge in [-0.3, -0.25) is 0 Å². The van der Waals surface area contributed by atoms with E-state index in [2.05, 4.69) is 57.4 Å². The lowest BCUT2D eigenvalue weighted by Gasteiger charge is -2.02. The molecule has 4 atom stereocenters. The standard InChI is InChI=1S/C15H26.C8H16.C7H10/c1-3-5-6-7-8-9-10-15-12-11-14(4-2)13-15;1-3-5-7-8-6-4-2;1-2-7-4-3-6(1)5-7/h4,9-10,14-15H,2-3,5-8,11-13H2,1H3;3H,1,4-8H2,2H3;1-2,6-7H,3-5H2/b10-9+;;. The fourth-order valence-electron chi connectivity index (χ4n) is 4.85. The van der Waals surface area contributed by atoms with E-state index in [1.807, 2.05) is 6.08 Å². The Morgan fingerprint density at radius 1 is 0.700 bits per heavy atom. The summed E-state index contributed by atoms with van der Waals surface area (Å²) in [7, 11) is 0. The third kappa shape index (κ3) is 13.3. The minimum atomic E-state index is 0.791. The van der Waals surface area contributed by atoms with Crippen LogP contribution in [0.25, 0.3) is 0 Å². The van der Waals surface area contributed by atoms with Crippen molar-refractivity contribution in [1.29, 1.82) is 0 Å². The molecule has 0 aromatic heterocycles. The Morgan fingerprint density at radius 3 is 1.73 bits per heavy atom. The van der Waals surface area contributed by atoms with Crippen LogP contribution >= 0.6 is 0 Å². The highest BCUT2D eigenvalue weighted by Gasteiger charge is 2.25. The smallest absolute Gasteiger partial charge is 0.0228 e. The average Bonchev–Trinajstić information content (AvgIpc) is 3.53. The van der Waals surface area contributed by atoms with E-state index in [1.165, 1.54) is 103 Å². The fourth-order valence-corrected chi connectivity index (χ4v) is 4.85. The van der Waals surface area contributed by atoms with Crippen LogP contribution in [0.5, 0.6) is 0 Å². The van der Waals surface area contributed by atoms with Crippen molar-refractivity contribution in [2.24, 2.45) is 23.7 Å². The zero-order chi connectivity index (χ0) is 21.9. The lowest BCUT2D eigenvalue weighted by atomic mass is 10.0. The summed E-state index contributed by atoms with van der Waals surface area (Å²) in [5.74, 6) is 3.62. The van der Waals surface area contributed by atoms with Crippen molar-refractivity contribution in [1.82, 2.24) is 0 Å². The van der Waals surface area contributed by atoms with E-state index in [0.717, 1.165) is 23.7 Å². The molecule has 0 saturated heterocycles. The van der Waals surface area contributed by atoms with E-state index in [9.17, 15) is 0 Å². The molecule has 172 valence electrons. The molecular formula is C30H52. The normalized spacial score (nSPS) is 26.2. The molecule has 2 fully saturated rings. The van der Waals surface area contributed by atoms with Crippen LogP contribution in [0.2, 0.25) is 0 Å². The summed E-state index contributed by atoms with van der Waals surface area (Å²) in [4.78, 5) is 0. The summed E-state index contributed by atoms with van der Waals surface area (Å²) < 4.78 is 0. The molecule has 4 unspecified atom stereocenters. The van der Waals surface area contributed by atoms with Gasteiger partial charge in [0.1, 0.15) is 0 Å². The van der Waals surface area contributed by atoms with Crippen molar-refractivity contribution in [2.75, 3.05) is 0 Å². The molecule has 0 heteroatoms. The minimum absolute atomic E-state index is 0.791. The fraction of sp³-hybridized carbons (Fsp3) is 0.733. The first kappa shape index (κ1) is 27.0. The Bertz CT molecular complexity index is 456. The summed E-state index contributed by atoms with van der Waals surface area (Å²) in [5.41, 5.74) is 0. The molecule has 0 aliphatic heterocycles. The molecule has 3 aliphatic carbocycles. The Hall–Kier alpha value is -1.04. The summed E-state index contributed by atoms with van der Waals surface area (Å²) in [6.07, 6.45) is 35.7. The Morgan fingerprint density at radius 2 is 1.30 bits per heavy atom. The van der Waals surface area contributed by atoms with Gasteiger partial charge in [0.05, 0.1) is 0 Å². The molecule has 0 aromatic carbocycles. The molecule has 3 rings (SSSR count). The van der Waals surface area contributed by atoms with Gasteiger partial charge < -0.3 is 0 Å². The number of hydrogen-bond donors (Lipinski definition) is 0. The lowest BCUT2D eigenvalue weighted by molar-refractivity contribution is 0.634. The van der Waals surface area contributed by atoms with Crippen molar-refractivity contribution in [3.05, 3.63) is 49.6 Å². The molecule has 0 N–H and O–H groups in total. The Labute approximate surface area is 190 Å². The van der Waals surface area contributed by atoms with E-state index < -0.39 is 0 Å². The van der Waals surface area contributed by atoms with Crippen LogP contribution < -0.4 is 0 Å². The minimum Gasteiger partial charge on any atom is -0.103 e. The zero-order valence-corrected chi connectivity index (χ0v) is 20.5. The highest BCUT2D eigenvalue weighted by atomic mass is 14.3. The molecule has 2 bridgehead atoms. The van der Waals surface area contributed by atoms with Gasteiger partial charge in [0.2, 0.25) is 0 Å². The second-order valence-electron chi connectivity index (χ2n) is 9.70. The second-order valence-corrected chi connectivity index (χ2v) is 9.70. The third-order valence-electron chi connectivity index (χ3n) is 6.91. The molecule has 0 spiro atoms. The first-order valence-corrected chi connectivity index (χ1v) is 13.3. The first-order chi connectivity index (χ1) is 14.7. The molecule has 0 nitrogen and oxygen atoms in total. The highest BCUT2D eigenvalue weighted by molar-refractivity contribution is 5.06. The molecule has 0 radical (unpaired) electrons. The van der Waals surface area contributed by atoms with E-state index in [4.69, 9.17) is 0 Å². The topological polar surface area (TPSA) is 0 Å². The largest absolute Gasteiger partial charge is 0.103 e. The van der Waals surface area contributed by atoms with Crippen LogP contribution in [-0.2, 0) is 0 Å². The monoisotopic (exact) mass is 412 g/mol. The molecular weight excluding hydrogens is 360 g/mol. The average molecular weight is 413 g/mol. The van der Waals surface area contributed by atoms with Gasteiger partial charge in [-0.25, -0.2) is 0 Å². The van der Waals surface area contributed by atoms with Crippen molar-refractivity contribution in [2.45, 2.75) is 117 Å². The summed E-state index contributed by atoms with van der Waals surface area (Å²) >= 11 is 0. The molecule has 2 saturated carbocycles. The van der Waals surface area contributed by atoms with Crippen LogP contribution in [0.1, 0.15) is 117 Å². The zero-order valence-electron chi connectivity index (χ0n) is 20.5. The van der Waals surface area contributed by atoms with Gasteiger partial charge in [-0.1, -0.05) is 88.8 Å². The van der Waals surface area contributed by atoms with E-state index in [1.54, 1.807) is 0 Å². The van der Waals surface area contributed by atoms with Gasteiger partial charge in [-0.05, 0) is 87.9 Å². The lowest BCUT2D eigenvalue weighted by Crippen LogP contribution is -1.89. The molecule has 30 heavy (non-hydrogen) atoms. The van der Waals surface area contributed by atoms with Crippen LogP contribution in [-0.4, -0.2) is 0 Å². The number of fused-ring (bicyclic) bond motifs is 2. The first-order valence-electron chi connectivity index (χ1n) is 13.3. The van der Waals surface area contributed by atoms with E-state index in [-0.39, 0.29) is 0 Å². The van der Waals surface area contributed by atoms with Crippen LogP contribution in [0, 0.1) is 23.7 Å². The number of unbranched alkanes of at least 4 members (excludes halogenated alkanes) is 8. The van der Waals surface area contributed by atoms with Gasteiger partial charge >= 0.3 is 0 Å². The maximum Gasteiger partial charge on any atom is -0.0228 e. The van der Waals surface area contributed by atoms with Crippen LogP contribution in [0.15, 0.2) is 49.6 Å². The van der Waals surface area contributed by atoms with Crippen molar-refractivity contribution < 1.29 is 0 Å². The quantitative estimate of drug-likeness (QED) is 0.221. The van der Waals surface area contributed by atoms with Crippen molar-refractivity contribution in [3.63, 3.8) is 0 Å². The van der Waals surface area contributed by atoms with Gasteiger partial charge in [0, 0.05) is 0 Å². The Kier molecular flexibility index (Phi) is 16.8. The molecule has 3 aliphatic rings. The predicted molar refractivity (Wildman–Crippen MR) is 138 cm³/mol. The van der Waals surface area contributed by atoms with Gasteiger partial charge in [0.25, 0.3) is 0 Å². The van der Waals surface area contributed by atoms with Gasteiger partial charge in [-0.15, -0.1) is 13.2 Å². The highest BCUT2D eigenvalue weighted by Crippen LogP contribution is 2.38. The van der Waals surface area contributed by atoms with Crippen molar-refractivity contribution in [3.8, 4) is 0 Å².